The van der Waals surface area contributed by atoms with Gasteiger partial charge in [-0.1, -0.05) is 18.2 Å². The SMILES string of the molecule is O=C(NCc1ccc2c(c1)CCCC2)C1CNCCO1. The number of fused-ring (bicyclic) bond motifs is 1. The van der Waals surface area contributed by atoms with Crippen LogP contribution < -0.4 is 10.6 Å². The highest BCUT2D eigenvalue weighted by atomic mass is 16.5. The average molecular weight is 274 g/mol. The minimum Gasteiger partial charge on any atom is -0.366 e. The van der Waals surface area contributed by atoms with Crippen molar-refractivity contribution >= 4 is 5.91 Å². The monoisotopic (exact) mass is 274 g/mol. The van der Waals surface area contributed by atoms with E-state index in [1.54, 1.807) is 0 Å². The third-order valence-corrected chi connectivity index (χ3v) is 4.10. The molecule has 3 rings (SSSR count). The maximum atomic E-state index is 12.0. The van der Waals surface area contributed by atoms with Crippen LogP contribution >= 0.6 is 0 Å². The zero-order chi connectivity index (χ0) is 13.8. The molecule has 2 N–H and O–H groups in total. The van der Waals surface area contributed by atoms with Crippen LogP contribution in [0.2, 0.25) is 0 Å². The summed E-state index contributed by atoms with van der Waals surface area (Å²) >= 11 is 0. The van der Waals surface area contributed by atoms with Gasteiger partial charge in [-0.15, -0.1) is 0 Å². The molecule has 1 amide bonds. The molecule has 108 valence electrons. The quantitative estimate of drug-likeness (QED) is 0.870. The van der Waals surface area contributed by atoms with Crippen molar-refractivity contribution in [2.24, 2.45) is 0 Å². The number of morpholine rings is 1. The van der Waals surface area contributed by atoms with Crippen LogP contribution in [0, 0.1) is 0 Å². The van der Waals surface area contributed by atoms with E-state index in [-0.39, 0.29) is 12.0 Å². The summed E-state index contributed by atoms with van der Waals surface area (Å²) in [6.45, 7) is 2.63. The van der Waals surface area contributed by atoms with Gasteiger partial charge in [-0.05, 0) is 42.4 Å². The van der Waals surface area contributed by atoms with E-state index in [1.165, 1.54) is 42.4 Å². The molecule has 1 aromatic carbocycles. The highest BCUT2D eigenvalue weighted by Gasteiger charge is 2.21. The maximum Gasteiger partial charge on any atom is 0.250 e. The van der Waals surface area contributed by atoms with E-state index < -0.39 is 0 Å². The minimum absolute atomic E-state index is 0.0186. The first-order valence-corrected chi connectivity index (χ1v) is 7.53. The summed E-state index contributed by atoms with van der Waals surface area (Å²) in [4.78, 5) is 12.0. The average Bonchev–Trinajstić information content (AvgIpc) is 2.53. The largest absolute Gasteiger partial charge is 0.366 e. The molecule has 0 radical (unpaired) electrons. The fourth-order valence-electron chi connectivity index (χ4n) is 2.93. The van der Waals surface area contributed by atoms with Gasteiger partial charge in [-0.3, -0.25) is 4.79 Å². The molecule has 1 fully saturated rings. The Kier molecular flexibility index (Phi) is 4.33. The predicted molar refractivity (Wildman–Crippen MR) is 77.5 cm³/mol. The molecule has 2 aliphatic rings. The normalized spacial score (nSPS) is 22.1. The first-order valence-electron chi connectivity index (χ1n) is 7.53. The molecule has 0 spiro atoms. The zero-order valence-electron chi connectivity index (χ0n) is 11.8. The van der Waals surface area contributed by atoms with E-state index >= 15 is 0 Å². The van der Waals surface area contributed by atoms with Crippen molar-refractivity contribution in [3.63, 3.8) is 0 Å². The van der Waals surface area contributed by atoms with E-state index in [0.29, 0.717) is 19.7 Å². The van der Waals surface area contributed by atoms with Crippen molar-refractivity contribution in [1.29, 1.82) is 0 Å². The van der Waals surface area contributed by atoms with E-state index in [2.05, 4.69) is 28.8 Å². The summed E-state index contributed by atoms with van der Waals surface area (Å²) in [5, 5.41) is 6.14. The highest BCUT2D eigenvalue weighted by molar-refractivity contribution is 5.81. The number of carbonyl (C=O) groups is 1. The number of nitrogens with one attached hydrogen (secondary N) is 2. The molecule has 4 nitrogen and oxygen atoms in total. The van der Waals surface area contributed by atoms with Crippen LogP contribution in [-0.2, 0) is 28.9 Å². The van der Waals surface area contributed by atoms with Gasteiger partial charge in [0.2, 0.25) is 0 Å². The van der Waals surface area contributed by atoms with Crippen LogP contribution in [0.25, 0.3) is 0 Å². The number of amides is 1. The van der Waals surface area contributed by atoms with Gasteiger partial charge >= 0.3 is 0 Å². The van der Waals surface area contributed by atoms with Gasteiger partial charge in [0, 0.05) is 19.6 Å². The van der Waals surface area contributed by atoms with E-state index in [9.17, 15) is 4.79 Å². The van der Waals surface area contributed by atoms with E-state index in [4.69, 9.17) is 4.74 Å². The Hall–Kier alpha value is -1.39. The zero-order valence-corrected chi connectivity index (χ0v) is 11.8. The van der Waals surface area contributed by atoms with Gasteiger partial charge in [0.1, 0.15) is 6.10 Å². The molecule has 1 unspecified atom stereocenters. The van der Waals surface area contributed by atoms with Crippen LogP contribution in [0.15, 0.2) is 18.2 Å². The van der Waals surface area contributed by atoms with Crippen molar-refractivity contribution in [2.75, 3.05) is 19.7 Å². The summed E-state index contributed by atoms with van der Waals surface area (Å²) in [6, 6.07) is 6.59. The van der Waals surface area contributed by atoms with Crippen molar-refractivity contribution in [2.45, 2.75) is 38.3 Å². The molecule has 1 atom stereocenters. The summed E-state index contributed by atoms with van der Waals surface area (Å²) in [5.41, 5.74) is 4.12. The van der Waals surface area contributed by atoms with Crippen LogP contribution in [0.4, 0.5) is 0 Å². The van der Waals surface area contributed by atoms with Crippen molar-refractivity contribution < 1.29 is 9.53 Å². The topological polar surface area (TPSA) is 50.4 Å². The summed E-state index contributed by atoms with van der Waals surface area (Å²) in [5.74, 6) is -0.0186. The molecule has 4 heteroatoms. The number of rotatable bonds is 3. The molecule has 0 saturated carbocycles. The first kappa shape index (κ1) is 13.6. The molecule has 1 aliphatic carbocycles. The van der Waals surface area contributed by atoms with Crippen LogP contribution in [-0.4, -0.2) is 31.7 Å². The molecular formula is C16H22N2O2. The number of ether oxygens (including phenoxy) is 1. The first-order chi connectivity index (χ1) is 9.83. The molecule has 0 bridgehead atoms. The van der Waals surface area contributed by atoms with Crippen molar-refractivity contribution in [3.8, 4) is 0 Å². The van der Waals surface area contributed by atoms with Gasteiger partial charge in [0.05, 0.1) is 6.61 Å². The Bertz CT molecular complexity index is 481. The number of carbonyl (C=O) groups excluding carboxylic acids is 1. The maximum absolute atomic E-state index is 12.0. The fourth-order valence-corrected chi connectivity index (χ4v) is 2.93. The number of aryl methyl sites for hydroxylation is 2. The summed E-state index contributed by atoms with van der Waals surface area (Å²) in [6.07, 6.45) is 4.61. The van der Waals surface area contributed by atoms with Gasteiger partial charge < -0.3 is 15.4 Å². The van der Waals surface area contributed by atoms with Gasteiger partial charge in [0.15, 0.2) is 0 Å². The third kappa shape index (κ3) is 3.19. The molecule has 0 aromatic heterocycles. The lowest BCUT2D eigenvalue weighted by Crippen LogP contribution is -2.47. The standard InChI is InChI=1S/C16H22N2O2/c19-16(15-11-17-7-8-20-15)18-10-12-5-6-13-3-1-2-4-14(13)9-12/h5-6,9,15,17H,1-4,7-8,10-11H2,(H,18,19). The number of hydrogen-bond acceptors (Lipinski definition) is 3. The fraction of sp³-hybridized carbons (Fsp3) is 0.562. The molecule has 1 saturated heterocycles. The molecule has 1 aromatic rings. The second kappa shape index (κ2) is 6.37. The third-order valence-electron chi connectivity index (χ3n) is 4.10. The molecular weight excluding hydrogens is 252 g/mol. The second-order valence-electron chi connectivity index (χ2n) is 5.59. The Morgan fingerprint density at radius 2 is 2.15 bits per heavy atom. The lowest BCUT2D eigenvalue weighted by Gasteiger charge is -2.23. The molecule has 1 aliphatic heterocycles. The van der Waals surface area contributed by atoms with E-state index in [1.807, 2.05) is 0 Å². The lowest BCUT2D eigenvalue weighted by molar-refractivity contribution is -0.134. The Balaban J connectivity index is 1.56. The number of hydrogen-bond donors (Lipinski definition) is 2. The van der Waals surface area contributed by atoms with Crippen LogP contribution in [0.3, 0.4) is 0 Å². The molecule has 1 heterocycles. The molecule has 20 heavy (non-hydrogen) atoms. The van der Waals surface area contributed by atoms with E-state index in [0.717, 1.165) is 6.54 Å². The summed E-state index contributed by atoms with van der Waals surface area (Å²) in [7, 11) is 0. The Morgan fingerprint density at radius 1 is 1.30 bits per heavy atom. The van der Waals surface area contributed by atoms with Gasteiger partial charge in [-0.2, -0.15) is 0 Å². The second-order valence-corrected chi connectivity index (χ2v) is 5.59. The number of benzene rings is 1. The van der Waals surface area contributed by atoms with Crippen molar-refractivity contribution in [3.05, 3.63) is 34.9 Å². The smallest absolute Gasteiger partial charge is 0.250 e. The lowest BCUT2D eigenvalue weighted by atomic mass is 9.90. The van der Waals surface area contributed by atoms with Gasteiger partial charge in [-0.25, -0.2) is 0 Å². The Morgan fingerprint density at radius 3 is 2.95 bits per heavy atom. The van der Waals surface area contributed by atoms with Crippen LogP contribution in [0.1, 0.15) is 29.5 Å². The minimum atomic E-state index is -0.346. The predicted octanol–water partition coefficient (Wildman–Crippen LogP) is 1.17. The highest BCUT2D eigenvalue weighted by Crippen LogP contribution is 2.22. The summed E-state index contributed by atoms with van der Waals surface area (Å²) < 4.78 is 5.44. The van der Waals surface area contributed by atoms with Gasteiger partial charge in [0.25, 0.3) is 5.91 Å². The van der Waals surface area contributed by atoms with Crippen LogP contribution in [0.5, 0.6) is 0 Å². The Labute approximate surface area is 119 Å². The van der Waals surface area contributed by atoms with Crippen molar-refractivity contribution in [1.82, 2.24) is 10.6 Å².